The van der Waals surface area contributed by atoms with Gasteiger partial charge >= 0.3 is 0 Å². The molecule has 0 aliphatic heterocycles. The molecule has 3 heterocycles. The summed E-state index contributed by atoms with van der Waals surface area (Å²) in [6.07, 6.45) is 0. The van der Waals surface area contributed by atoms with Crippen LogP contribution in [0.15, 0.2) is 224 Å². The van der Waals surface area contributed by atoms with E-state index < -0.39 is 0 Å². The lowest BCUT2D eigenvalue weighted by atomic mass is 9.98. The van der Waals surface area contributed by atoms with Crippen molar-refractivity contribution in [3.63, 3.8) is 0 Å². The highest BCUT2D eigenvalue weighted by atomic mass is 15.2. The number of hydrogen-bond acceptors (Lipinski definition) is 3. The Kier molecular flexibility index (Phi) is 8.42. The first-order valence-electron chi connectivity index (χ1n) is 21.0. The highest BCUT2D eigenvalue weighted by Crippen LogP contribution is 2.46. The first-order chi connectivity index (χ1) is 30.8. The van der Waals surface area contributed by atoms with Crippen molar-refractivity contribution in [2.45, 2.75) is 0 Å². The van der Waals surface area contributed by atoms with Crippen LogP contribution in [-0.4, -0.2) is 24.1 Å². The zero-order valence-electron chi connectivity index (χ0n) is 33.6. The Morgan fingerprint density at radius 2 is 0.710 bits per heavy atom. The molecular formula is C57H37N5. The van der Waals surface area contributed by atoms with E-state index in [1.165, 1.54) is 10.8 Å². The molecular weight excluding hydrogens is 755 g/mol. The smallest absolute Gasteiger partial charge is 0.238 e. The minimum atomic E-state index is 0.550. The maximum absolute atomic E-state index is 5.41. The van der Waals surface area contributed by atoms with Crippen LogP contribution in [0.1, 0.15) is 0 Å². The number of nitrogens with zero attached hydrogens (tertiary/aromatic N) is 5. The van der Waals surface area contributed by atoms with Gasteiger partial charge in [-0.1, -0.05) is 194 Å². The van der Waals surface area contributed by atoms with Gasteiger partial charge < -0.3 is 4.57 Å². The summed E-state index contributed by atoms with van der Waals surface area (Å²) in [5, 5.41) is 4.64. The van der Waals surface area contributed by atoms with Crippen LogP contribution in [0.3, 0.4) is 0 Å². The van der Waals surface area contributed by atoms with E-state index in [4.69, 9.17) is 15.0 Å². The molecule has 290 valence electrons. The third kappa shape index (κ3) is 5.90. The lowest BCUT2D eigenvalue weighted by Gasteiger charge is -2.14. The average molecular weight is 792 g/mol. The topological polar surface area (TPSA) is 48.5 Å². The van der Waals surface area contributed by atoms with Gasteiger partial charge in [0.1, 0.15) is 0 Å². The number of hydrogen-bond donors (Lipinski definition) is 0. The summed E-state index contributed by atoms with van der Waals surface area (Å²) in [6, 6.07) is 79.1. The highest BCUT2D eigenvalue weighted by Gasteiger charge is 2.26. The SMILES string of the molecule is c1ccc(-c2ccc(-c3nc(-c4ccc(-c5ccccc5)cc4)nc(-n4c5ccccc5c5c4c(-c4ccccc4)cc4c6ccccc6n(-c6ccccc6)c45)n3)cc2)cc1. The highest BCUT2D eigenvalue weighted by molar-refractivity contribution is 6.29. The molecule has 9 aromatic carbocycles. The Balaban J connectivity index is 1.18. The van der Waals surface area contributed by atoms with Crippen molar-refractivity contribution >= 4 is 43.6 Å². The third-order valence-electron chi connectivity index (χ3n) is 12.0. The van der Waals surface area contributed by atoms with E-state index in [9.17, 15) is 0 Å². The molecule has 0 unspecified atom stereocenters. The van der Waals surface area contributed by atoms with Crippen molar-refractivity contribution in [3.05, 3.63) is 224 Å². The summed E-state index contributed by atoms with van der Waals surface area (Å²) >= 11 is 0. The number of rotatable bonds is 7. The molecule has 0 aliphatic rings. The quantitative estimate of drug-likeness (QED) is 0.162. The second-order valence-electron chi connectivity index (χ2n) is 15.6. The van der Waals surface area contributed by atoms with Gasteiger partial charge in [-0.25, -0.2) is 4.98 Å². The Hall–Kier alpha value is -8.41. The van der Waals surface area contributed by atoms with E-state index in [2.05, 4.69) is 221 Å². The predicted molar refractivity (Wildman–Crippen MR) is 256 cm³/mol. The summed E-state index contributed by atoms with van der Waals surface area (Å²) in [5.41, 5.74) is 14.1. The third-order valence-corrected chi connectivity index (χ3v) is 12.0. The zero-order chi connectivity index (χ0) is 41.0. The summed E-state index contributed by atoms with van der Waals surface area (Å²) in [5.74, 6) is 1.75. The van der Waals surface area contributed by atoms with Gasteiger partial charge in [0.2, 0.25) is 5.95 Å². The summed E-state index contributed by atoms with van der Waals surface area (Å²) in [6.45, 7) is 0. The van der Waals surface area contributed by atoms with Gasteiger partial charge in [0.05, 0.1) is 22.1 Å². The van der Waals surface area contributed by atoms with E-state index in [0.29, 0.717) is 17.6 Å². The van der Waals surface area contributed by atoms with Crippen LogP contribution in [0.25, 0.3) is 111 Å². The van der Waals surface area contributed by atoms with Crippen LogP contribution in [0.2, 0.25) is 0 Å². The number of para-hydroxylation sites is 3. The van der Waals surface area contributed by atoms with E-state index in [0.717, 1.165) is 83.0 Å². The second kappa shape index (κ2) is 14.7. The van der Waals surface area contributed by atoms with Crippen molar-refractivity contribution < 1.29 is 0 Å². The van der Waals surface area contributed by atoms with Crippen molar-refractivity contribution in [1.82, 2.24) is 24.1 Å². The predicted octanol–water partition coefficient (Wildman–Crippen LogP) is 14.4. The first kappa shape index (κ1) is 35.5. The molecule has 0 atom stereocenters. The van der Waals surface area contributed by atoms with Crippen LogP contribution in [0.5, 0.6) is 0 Å². The summed E-state index contributed by atoms with van der Waals surface area (Å²) < 4.78 is 4.69. The largest absolute Gasteiger partial charge is 0.309 e. The van der Waals surface area contributed by atoms with Crippen LogP contribution in [-0.2, 0) is 0 Å². The van der Waals surface area contributed by atoms with Gasteiger partial charge in [0.25, 0.3) is 0 Å². The number of benzene rings is 9. The standard InChI is InChI=1S/C57H37N5/c1-5-17-38(18-6-1)40-29-33-43(34-30-40)55-58-56(44-35-31-41(32-36-44)39-19-7-2-8-20-39)60-57(59-55)62-51-28-16-14-26-47(51)52-53(62)48(42-21-9-3-10-22-42)37-49-46-25-13-15-27-50(46)61(54(49)52)45-23-11-4-12-24-45/h1-37H. The molecule has 5 nitrogen and oxygen atoms in total. The first-order valence-corrected chi connectivity index (χ1v) is 21.0. The Morgan fingerprint density at radius 1 is 0.290 bits per heavy atom. The fraction of sp³-hybridized carbons (Fsp3) is 0. The van der Waals surface area contributed by atoms with Crippen LogP contribution in [0, 0.1) is 0 Å². The molecule has 0 saturated carbocycles. The van der Waals surface area contributed by atoms with Gasteiger partial charge in [-0.3, -0.25) is 4.57 Å². The number of aromatic nitrogens is 5. The van der Waals surface area contributed by atoms with E-state index in [-0.39, 0.29) is 0 Å². The molecule has 12 aromatic rings. The molecule has 0 amide bonds. The minimum absolute atomic E-state index is 0.550. The maximum atomic E-state index is 5.41. The van der Waals surface area contributed by atoms with Gasteiger partial charge in [0, 0.05) is 43.9 Å². The normalized spacial score (nSPS) is 11.5. The van der Waals surface area contributed by atoms with Crippen molar-refractivity contribution in [2.75, 3.05) is 0 Å². The van der Waals surface area contributed by atoms with Gasteiger partial charge in [-0.05, 0) is 58.1 Å². The van der Waals surface area contributed by atoms with Gasteiger partial charge in [-0.15, -0.1) is 0 Å². The van der Waals surface area contributed by atoms with E-state index in [1.54, 1.807) is 0 Å². The zero-order valence-corrected chi connectivity index (χ0v) is 33.6. The van der Waals surface area contributed by atoms with Gasteiger partial charge in [-0.2, -0.15) is 9.97 Å². The van der Waals surface area contributed by atoms with Crippen LogP contribution < -0.4 is 0 Å². The molecule has 12 rings (SSSR count). The molecule has 0 N–H and O–H groups in total. The lowest BCUT2D eigenvalue weighted by Crippen LogP contribution is -2.07. The lowest BCUT2D eigenvalue weighted by molar-refractivity contribution is 0.954. The van der Waals surface area contributed by atoms with Crippen molar-refractivity contribution in [3.8, 4) is 67.8 Å². The minimum Gasteiger partial charge on any atom is -0.309 e. The molecule has 0 fully saturated rings. The molecule has 0 radical (unpaired) electrons. The molecule has 0 aliphatic carbocycles. The van der Waals surface area contributed by atoms with Crippen molar-refractivity contribution in [1.29, 1.82) is 0 Å². The number of fused-ring (bicyclic) bond motifs is 7. The fourth-order valence-electron chi connectivity index (χ4n) is 9.10. The molecule has 0 spiro atoms. The Labute approximate surface area is 358 Å². The monoisotopic (exact) mass is 791 g/mol. The fourth-order valence-corrected chi connectivity index (χ4v) is 9.10. The summed E-state index contributed by atoms with van der Waals surface area (Å²) in [7, 11) is 0. The van der Waals surface area contributed by atoms with Crippen LogP contribution >= 0.6 is 0 Å². The van der Waals surface area contributed by atoms with Gasteiger partial charge in [0.15, 0.2) is 11.6 Å². The Morgan fingerprint density at radius 3 is 1.26 bits per heavy atom. The molecule has 3 aromatic heterocycles. The van der Waals surface area contributed by atoms with Crippen molar-refractivity contribution in [2.24, 2.45) is 0 Å². The van der Waals surface area contributed by atoms with E-state index >= 15 is 0 Å². The maximum Gasteiger partial charge on any atom is 0.238 e. The second-order valence-corrected chi connectivity index (χ2v) is 15.6. The summed E-state index contributed by atoms with van der Waals surface area (Å²) in [4.78, 5) is 16.0. The molecule has 0 saturated heterocycles. The molecule has 5 heteroatoms. The average Bonchev–Trinajstić information content (AvgIpc) is 3.88. The molecule has 0 bridgehead atoms. The Bertz CT molecular complexity index is 3470. The van der Waals surface area contributed by atoms with Crippen LogP contribution in [0.4, 0.5) is 0 Å². The molecule has 62 heavy (non-hydrogen) atoms. The van der Waals surface area contributed by atoms with E-state index in [1.807, 2.05) is 12.1 Å².